The fraction of sp³-hybridized carbons (Fsp3) is 0.688. The van der Waals surface area contributed by atoms with E-state index in [4.69, 9.17) is 4.74 Å². The van der Waals surface area contributed by atoms with Crippen molar-refractivity contribution in [3.63, 3.8) is 0 Å². The van der Waals surface area contributed by atoms with Crippen molar-refractivity contribution in [2.75, 3.05) is 25.4 Å². The van der Waals surface area contributed by atoms with Crippen LogP contribution in [0.4, 0.5) is 0 Å². The second-order valence-electron chi connectivity index (χ2n) is 7.23. The van der Waals surface area contributed by atoms with E-state index in [9.17, 15) is 13.2 Å². The Bertz CT molecular complexity index is 746. The Hall–Kier alpha value is -1.70. The molecular formula is C16H21N3O4S. The summed E-state index contributed by atoms with van der Waals surface area (Å²) in [5, 5.41) is 0. The maximum Gasteiger partial charge on any atom is 0.316 e. The molecule has 4 rings (SSSR count). The lowest BCUT2D eigenvalue weighted by Crippen LogP contribution is -2.69. The van der Waals surface area contributed by atoms with Crippen LogP contribution >= 0.6 is 0 Å². The number of carbonyl (C=O) groups is 1. The molecule has 1 aliphatic carbocycles. The summed E-state index contributed by atoms with van der Waals surface area (Å²) in [6.07, 6.45) is 4.66. The first-order valence-electron chi connectivity index (χ1n) is 8.34. The highest BCUT2D eigenvalue weighted by Gasteiger charge is 2.63. The molecule has 3 heterocycles. The van der Waals surface area contributed by atoms with E-state index in [0.29, 0.717) is 25.4 Å². The van der Waals surface area contributed by atoms with Crippen molar-refractivity contribution >= 4 is 15.7 Å². The van der Waals surface area contributed by atoms with Gasteiger partial charge in [-0.2, -0.15) is 0 Å². The van der Waals surface area contributed by atoms with Gasteiger partial charge >= 0.3 is 6.01 Å². The van der Waals surface area contributed by atoms with Crippen LogP contribution < -0.4 is 4.74 Å². The van der Waals surface area contributed by atoms with E-state index >= 15 is 0 Å². The Balaban J connectivity index is 1.44. The van der Waals surface area contributed by atoms with Crippen LogP contribution in [0.3, 0.4) is 0 Å². The van der Waals surface area contributed by atoms with E-state index in [1.165, 1.54) is 0 Å². The minimum absolute atomic E-state index is 0.0962. The Morgan fingerprint density at radius 1 is 1.38 bits per heavy atom. The zero-order valence-corrected chi connectivity index (χ0v) is 14.4. The molecule has 24 heavy (non-hydrogen) atoms. The van der Waals surface area contributed by atoms with E-state index in [0.717, 1.165) is 6.42 Å². The first kappa shape index (κ1) is 15.8. The molecule has 0 unspecified atom stereocenters. The van der Waals surface area contributed by atoms with Crippen molar-refractivity contribution in [2.24, 2.45) is 17.8 Å². The number of hydrogen-bond donors (Lipinski definition) is 0. The molecule has 3 aliphatic rings. The molecule has 2 saturated heterocycles. The number of rotatable bonds is 4. The van der Waals surface area contributed by atoms with Crippen LogP contribution in [0.5, 0.6) is 6.01 Å². The fourth-order valence-corrected chi connectivity index (χ4v) is 6.30. The highest BCUT2D eigenvalue weighted by atomic mass is 32.2. The largest absolute Gasteiger partial charge is 0.463 e. The van der Waals surface area contributed by atoms with E-state index in [1.807, 2.05) is 0 Å². The number of hydrogen-bond acceptors (Lipinski definition) is 6. The maximum atomic E-state index is 12.6. The molecule has 0 radical (unpaired) electrons. The average molecular weight is 351 g/mol. The van der Waals surface area contributed by atoms with Crippen molar-refractivity contribution in [2.45, 2.75) is 24.5 Å². The molecule has 3 atom stereocenters. The van der Waals surface area contributed by atoms with E-state index in [1.54, 1.807) is 23.4 Å². The Kier molecular flexibility index (Phi) is 3.56. The second kappa shape index (κ2) is 5.40. The number of likely N-dealkylation sites (tertiary alicyclic amines) is 1. The van der Waals surface area contributed by atoms with E-state index in [2.05, 4.69) is 16.9 Å². The predicted molar refractivity (Wildman–Crippen MR) is 86.0 cm³/mol. The third-order valence-electron chi connectivity index (χ3n) is 5.71. The van der Waals surface area contributed by atoms with Crippen LogP contribution in [0.1, 0.15) is 19.8 Å². The maximum absolute atomic E-state index is 12.6. The third kappa shape index (κ3) is 2.39. The van der Waals surface area contributed by atoms with E-state index in [-0.39, 0.29) is 36.1 Å². The van der Waals surface area contributed by atoms with Gasteiger partial charge in [0.05, 0.1) is 12.4 Å². The first-order valence-corrected chi connectivity index (χ1v) is 9.99. The number of aromatic nitrogens is 2. The predicted octanol–water partition coefficient (Wildman–Crippen LogP) is 0.527. The molecule has 0 aromatic carbocycles. The minimum atomic E-state index is -3.20. The highest BCUT2D eigenvalue weighted by Crippen LogP contribution is 2.47. The van der Waals surface area contributed by atoms with Gasteiger partial charge in [-0.15, -0.1) is 0 Å². The van der Waals surface area contributed by atoms with Crippen LogP contribution in [0.25, 0.3) is 0 Å². The Morgan fingerprint density at radius 2 is 2.04 bits per heavy atom. The van der Waals surface area contributed by atoms with Gasteiger partial charge in [0.25, 0.3) is 0 Å². The van der Waals surface area contributed by atoms with Gasteiger partial charge in [-0.05, 0) is 24.8 Å². The van der Waals surface area contributed by atoms with Crippen molar-refractivity contribution in [3.05, 3.63) is 18.5 Å². The Morgan fingerprint density at radius 3 is 2.67 bits per heavy atom. The second-order valence-corrected chi connectivity index (χ2v) is 9.68. The third-order valence-corrected chi connectivity index (χ3v) is 8.31. The number of carbonyl (C=O) groups excluding carboxylic acids is 1. The summed E-state index contributed by atoms with van der Waals surface area (Å²) < 4.78 is 29.9. The van der Waals surface area contributed by atoms with Crippen molar-refractivity contribution in [1.29, 1.82) is 0 Å². The lowest BCUT2D eigenvalue weighted by atomic mass is 9.83. The van der Waals surface area contributed by atoms with Crippen molar-refractivity contribution < 1.29 is 17.9 Å². The summed E-state index contributed by atoms with van der Waals surface area (Å²) in [7, 11) is -3.20. The fourth-order valence-electron chi connectivity index (χ4n) is 3.90. The number of sulfone groups is 1. The summed E-state index contributed by atoms with van der Waals surface area (Å²) in [5.41, 5.74) is 0. The van der Waals surface area contributed by atoms with Crippen LogP contribution in [0.2, 0.25) is 0 Å². The average Bonchev–Trinajstić information content (AvgIpc) is 3.18. The normalized spacial score (nSPS) is 32.4. The molecule has 1 aromatic heterocycles. The monoisotopic (exact) mass is 351 g/mol. The molecule has 7 nitrogen and oxygen atoms in total. The first-order chi connectivity index (χ1) is 11.4. The van der Waals surface area contributed by atoms with Gasteiger partial charge in [0.15, 0.2) is 9.84 Å². The van der Waals surface area contributed by atoms with Gasteiger partial charge in [0, 0.05) is 37.3 Å². The van der Waals surface area contributed by atoms with Crippen LogP contribution in [-0.4, -0.2) is 59.4 Å². The minimum Gasteiger partial charge on any atom is -0.463 e. The standard InChI is InChI=1S/C16H21N3O4S/c1-11-7-13(11)14(20)19-9-16(10-19)12(3-6-24(16,21)22)8-23-15-17-4-2-5-18-15/h2,4-5,11-13H,3,6-10H2,1H3/t11-,12-,13-/m1/s1. The van der Waals surface area contributed by atoms with Gasteiger partial charge in [0.2, 0.25) is 5.91 Å². The topological polar surface area (TPSA) is 89.5 Å². The molecule has 1 aromatic rings. The van der Waals surface area contributed by atoms with Crippen molar-refractivity contribution in [1.82, 2.24) is 14.9 Å². The van der Waals surface area contributed by atoms with Crippen molar-refractivity contribution in [3.8, 4) is 6.01 Å². The molecule has 1 saturated carbocycles. The van der Waals surface area contributed by atoms with E-state index < -0.39 is 14.6 Å². The molecule has 8 heteroatoms. The molecule has 3 fully saturated rings. The number of amides is 1. The molecule has 1 spiro atoms. The number of nitrogens with zero attached hydrogens (tertiary/aromatic N) is 3. The summed E-state index contributed by atoms with van der Waals surface area (Å²) in [6.45, 7) is 2.94. The SMILES string of the molecule is C[C@@H]1C[C@H]1C(=O)N1CC2(C1)[C@@H](COc1ncccn1)CCS2(=O)=O. The lowest BCUT2D eigenvalue weighted by molar-refractivity contribution is -0.139. The van der Waals surface area contributed by atoms with Gasteiger partial charge in [-0.1, -0.05) is 6.92 Å². The summed E-state index contributed by atoms with van der Waals surface area (Å²) in [6, 6.07) is 1.96. The molecular weight excluding hydrogens is 330 g/mol. The van der Waals surface area contributed by atoms with Gasteiger partial charge < -0.3 is 9.64 Å². The summed E-state index contributed by atoms with van der Waals surface area (Å²) in [4.78, 5) is 22.0. The van der Waals surface area contributed by atoms with Crippen LogP contribution in [0.15, 0.2) is 18.5 Å². The lowest BCUT2D eigenvalue weighted by Gasteiger charge is -2.49. The zero-order valence-electron chi connectivity index (χ0n) is 13.6. The zero-order chi connectivity index (χ0) is 16.9. The van der Waals surface area contributed by atoms with Crippen LogP contribution in [0, 0.1) is 17.8 Å². The highest BCUT2D eigenvalue weighted by molar-refractivity contribution is 7.93. The summed E-state index contributed by atoms with van der Waals surface area (Å²) >= 11 is 0. The molecule has 1 amide bonds. The van der Waals surface area contributed by atoms with Crippen LogP contribution in [-0.2, 0) is 14.6 Å². The molecule has 0 bridgehead atoms. The molecule has 0 N–H and O–H groups in total. The van der Waals surface area contributed by atoms with Gasteiger partial charge in [-0.25, -0.2) is 18.4 Å². The summed E-state index contributed by atoms with van der Waals surface area (Å²) in [5.74, 6) is 0.689. The van der Waals surface area contributed by atoms with Gasteiger partial charge in [0.1, 0.15) is 4.75 Å². The molecule has 130 valence electrons. The van der Waals surface area contributed by atoms with Gasteiger partial charge in [-0.3, -0.25) is 4.79 Å². The smallest absolute Gasteiger partial charge is 0.316 e. The quantitative estimate of drug-likeness (QED) is 0.786. The Labute approximate surface area is 141 Å². The molecule has 2 aliphatic heterocycles. The number of ether oxygens (including phenoxy) is 1.